The number of aliphatic hydroxyl groups is 1. The van der Waals surface area contributed by atoms with E-state index < -0.39 is 6.10 Å². The van der Waals surface area contributed by atoms with Crippen LogP contribution < -0.4 is 11.1 Å². The second kappa shape index (κ2) is 9.59. The van der Waals surface area contributed by atoms with Crippen LogP contribution in [0.25, 0.3) is 0 Å². The van der Waals surface area contributed by atoms with Gasteiger partial charge >= 0.3 is 0 Å². The minimum Gasteiger partial charge on any atom is -0.387 e. The molecule has 0 spiro atoms. The number of nitrogens with two attached hydrogens (primary N) is 1. The molecule has 2 saturated carbocycles. The van der Waals surface area contributed by atoms with Crippen LogP contribution in [0, 0.1) is 23.7 Å². The summed E-state index contributed by atoms with van der Waals surface area (Å²) >= 11 is 0. The van der Waals surface area contributed by atoms with Gasteiger partial charge in [-0.1, -0.05) is 36.8 Å². The number of likely N-dealkylation sites (tertiary alicyclic amines) is 1. The van der Waals surface area contributed by atoms with E-state index in [4.69, 9.17) is 5.73 Å². The van der Waals surface area contributed by atoms with Gasteiger partial charge in [0.1, 0.15) is 0 Å². The number of carbonyl (C=O) groups is 1. The highest BCUT2D eigenvalue weighted by atomic mass is 16.3. The Morgan fingerprint density at radius 3 is 2.41 bits per heavy atom. The Balaban J connectivity index is 1.17. The first kappa shape index (κ1) is 20.8. The van der Waals surface area contributed by atoms with Crippen LogP contribution in [0.5, 0.6) is 0 Å². The van der Waals surface area contributed by atoms with Gasteiger partial charge in [-0.2, -0.15) is 0 Å². The topological polar surface area (TPSA) is 78.6 Å². The van der Waals surface area contributed by atoms with E-state index in [2.05, 4.69) is 10.2 Å². The summed E-state index contributed by atoms with van der Waals surface area (Å²) in [4.78, 5) is 15.1. The van der Waals surface area contributed by atoms with Crippen LogP contribution in [0.15, 0.2) is 30.3 Å². The molecule has 1 aromatic carbocycles. The number of carbonyl (C=O) groups excluding carboxylic acids is 1. The van der Waals surface area contributed by atoms with Gasteiger partial charge in [0.2, 0.25) is 5.91 Å². The normalized spacial score (nSPS) is 31.9. The minimum atomic E-state index is -0.426. The molecule has 0 radical (unpaired) electrons. The number of rotatable bonds is 6. The molecule has 3 aliphatic rings. The maximum atomic E-state index is 12.7. The number of nitrogens with one attached hydrogen (secondary N) is 1. The van der Waals surface area contributed by atoms with Crippen LogP contribution in [0.3, 0.4) is 0 Å². The van der Waals surface area contributed by atoms with E-state index in [1.807, 2.05) is 30.3 Å². The fraction of sp³-hybridized carbons (Fsp3) is 0.708. The van der Waals surface area contributed by atoms with Crippen molar-refractivity contribution >= 4 is 5.91 Å². The highest BCUT2D eigenvalue weighted by Crippen LogP contribution is 2.41. The van der Waals surface area contributed by atoms with E-state index in [9.17, 15) is 9.90 Å². The van der Waals surface area contributed by atoms with Crippen molar-refractivity contribution in [2.45, 2.75) is 57.1 Å². The SMILES string of the molecule is NC1C2CCCC1CC(C(=O)NCC1CCN(CC(O)c3ccccc3)CC1)C2. The zero-order valence-electron chi connectivity index (χ0n) is 17.5. The van der Waals surface area contributed by atoms with Gasteiger partial charge in [-0.05, 0) is 74.9 Å². The third kappa shape index (κ3) is 5.19. The smallest absolute Gasteiger partial charge is 0.223 e. The first-order valence-corrected chi connectivity index (χ1v) is 11.6. The lowest BCUT2D eigenvalue weighted by molar-refractivity contribution is -0.128. The van der Waals surface area contributed by atoms with Gasteiger partial charge in [0.05, 0.1) is 6.10 Å². The van der Waals surface area contributed by atoms with Crippen molar-refractivity contribution in [3.05, 3.63) is 35.9 Å². The summed E-state index contributed by atoms with van der Waals surface area (Å²) in [6.45, 7) is 3.47. The number of benzene rings is 1. The van der Waals surface area contributed by atoms with Gasteiger partial charge < -0.3 is 21.1 Å². The Hall–Kier alpha value is -1.43. The number of aliphatic hydroxyl groups excluding tert-OH is 1. The van der Waals surface area contributed by atoms with E-state index >= 15 is 0 Å². The third-order valence-electron chi connectivity index (χ3n) is 7.67. The number of hydrogen-bond donors (Lipinski definition) is 3. The van der Waals surface area contributed by atoms with Crippen molar-refractivity contribution in [1.82, 2.24) is 10.2 Å². The maximum Gasteiger partial charge on any atom is 0.223 e. The van der Waals surface area contributed by atoms with Crippen molar-refractivity contribution in [2.75, 3.05) is 26.2 Å². The number of piperidine rings is 1. The molecule has 1 aromatic rings. The summed E-state index contributed by atoms with van der Waals surface area (Å²) in [7, 11) is 0. The molecule has 3 unspecified atom stereocenters. The van der Waals surface area contributed by atoms with Crippen LogP contribution in [-0.4, -0.2) is 48.1 Å². The second-order valence-corrected chi connectivity index (χ2v) is 9.61. The Morgan fingerprint density at radius 1 is 1.10 bits per heavy atom. The second-order valence-electron chi connectivity index (χ2n) is 9.61. The fourth-order valence-corrected chi connectivity index (χ4v) is 5.79. The molecule has 0 aromatic heterocycles. The molecule has 29 heavy (non-hydrogen) atoms. The molecule has 3 atom stereocenters. The lowest BCUT2D eigenvalue weighted by atomic mass is 9.65. The quantitative estimate of drug-likeness (QED) is 0.687. The first-order chi connectivity index (χ1) is 14.1. The zero-order chi connectivity index (χ0) is 20.2. The van der Waals surface area contributed by atoms with Crippen molar-refractivity contribution < 1.29 is 9.90 Å². The molecule has 2 bridgehead atoms. The Kier molecular flexibility index (Phi) is 6.88. The van der Waals surface area contributed by atoms with Crippen molar-refractivity contribution in [3.63, 3.8) is 0 Å². The lowest BCUT2D eigenvalue weighted by Gasteiger charge is -2.43. The number of fused-ring (bicyclic) bond motifs is 2. The summed E-state index contributed by atoms with van der Waals surface area (Å²) in [6.07, 6.45) is 7.41. The van der Waals surface area contributed by atoms with Crippen LogP contribution in [-0.2, 0) is 4.79 Å². The van der Waals surface area contributed by atoms with Gasteiger partial charge in [-0.15, -0.1) is 0 Å². The molecular weight excluding hydrogens is 362 g/mol. The Bertz CT molecular complexity index is 645. The largest absolute Gasteiger partial charge is 0.387 e. The van der Waals surface area contributed by atoms with Crippen molar-refractivity contribution in [1.29, 1.82) is 0 Å². The molecule has 4 N–H and O–H groups in total. The number of amides is 1. The number of hydrogen-bond acceptors (Lipinski definition) is 4. The molecule has 2 aliphatic carbocycles. The van der Waals surface area contributed by atoms with Crippen LogP contribution in [0.4, 0.5) is 0 Å². The van der Waals surface area contributed by atoms with Gasteiger partial charge in [-0.3, -0.25) is 4.79 Å². The van der Waals surface area contributed by atoms with E-state index in [0.29, 0.717) is 30.3 Å². The Labute approximate surface area is 175 Å². The predicted octanol–water partition coefficient (Wildman–Crippen LogP) is 2.70. The van der Waals surface area contributed by atoms with E-state index in [-0.39, 0.29) is 11.8 Å². The number of β-amino-alcohol motifs (C(OH)–C–C–N with tert-alkyl or cyclic N) is 1. The van der Waals surface area contributed by atoms with Crippen molar-refractivity contribution in [3.8, 4) is 0 Å². The van der Waals surface area contributed by atoms with Crippen LogP contribution in [0.1, 0.15) is 56.6 Å². The minimum absolute atomic E-state index is 0.172. The standard InChI is InChI=1S/C24H37N3O2/c25-23-19-7-4-8-20(23)14-21(13-19)24(29)26-15-17-9-11-27(12-10-17)16-22(28)18-5-2-1-3-6-18/h1-3,5-6,17,19-23,28H,4,7-16,25H2,(H,26,29). The molecule has 1 amide bonds. The molecule has 1 heterocycles. The lowest BCUT2D eigenvalue weighted by Crippen LogP contribution is -2.49. The molecular formula is C24H37N3O2. The highest BCUT2D eigenvalue weighted by Gasteiger charge is 2.40. The molecule has 5 heteroatoms. The summed E-state index contributed by atoms with van der Waals surface area (Å²) < 4.78 is 0. The van der Waals surface area contributed by atoms with E-state index in [1.165, 1.54) is 19.3 Å². The predicted molar refractivity (Wildman–Crippen MR) is 115 cm³/mol. The Morgan fingerprint density at radius 2 is 1.76 bits per heavy atom. The summed E-state index contributed by atoms with van der Waals surface area (Å²) in [5.74, 6) is 2.09. The monoisotopic (exact) mass is 399 g/mol. The van der Waals surface area contributed by atoms with E-state index in [1.54, 1.807) is 0 Å². The first-order valence-electron chi connectivity index (χ1n) is 11.6. The van der Waals surface area contributed by atoms with Gasteiger partial charge in [-0.25, -0.2) is 0 Å². The third-order valence-corrected chi connectivity index (χ3v) is 7.67. The van der Waals surface area contributed by atoms with Gasteiger partial charge in [0.25, 0.3) is 0 Å². The van der Waals surface area contributed by atoms with Crippen LogP contribution >= 0.6 is 0 Å². The molecule has 4 rings (SSSR count). The average molecular weight is 400 g/mol. The molecule has 3 fully saturated rings. The van der Waals surface area contributed by atoms with Crippen LogP contribution in [0.2, 0.25) is 0 Å². The summed E-state index contributed by atoms with van der Waals surface area (Å²) in [6, 6.07) is 10.2. The van der Waals surface area contributed by atoms with Gasteiger partial charge in [0, 0.05) is 25.0 Å². The number of nitrogens with zero attached hydrogens (tertiary/aromatic N) is 1. The summed E-state index contributed by atoms with van der Waals surface area (Å²) in [5, 5.41) is 13.7. The molecule has 160 valence electrons. The van der Waals surface area contributed by atoms with E-state index in [0.717, 1.165) is 50.9 Å². The van der Waals surface area contributed by atoms with Crippen molar-refractivity contribution in [2.24, 2.45) is 29.4 Å². The fourth-order valence-electron chi connectivity index (χ4n) is 5.79. The maximum absolute atomic E-state index is 12.7. The highest BCUT2D eigenvalue weighted by molar-refractivity contribution is 5.78. The average Bonchev–Trinajstić information content (AvgIpc) is 2.73. The molecule has 1 saturated heterocycles. The zero-order valence-corrected chi connectivity index (χ0v) is 17.5. The molecule has 5 nitrogen and oxygen atoms in total. The van der Waals surface area contributed by atoms with Gasteiger partial charge in [0.15, 0.2) is 0 Å². The summed E-state index contributed by atoms with van der Waals surface area (Å²) in [5.41, 5.74) is 7.35. The molecule has 1 aliphatic heterocycles.